The van der Waals surface area contributed by atoms with Crippen molar-refractivity contribution in [2.24, 2.45) is 0 Å². The minimum atomic E-state index is 0.542. The van der Waals surface area contributed by atoms with Crippen molar-refractivity contribution in [1.82, 2.24) is 10.2 Å². The second-order valence-corrected chi connectivity index (χ2v) is 6.90. The van der Waals surface area contributed by atoms with Crippen LogP contribution in [0.3, 0.4) is 0 Å². The molecule has 1 aliphatic rings. The van der Waals surface area contributed by atoms with Crippen LogP contribution in [0.2, 0.25) is 0 Å². The lowest BCUT2D eigenvalue weighted by atomic mass is 10.2. The summed E-state index contributed by atoms with van der Waals surface area (Å²) < 4.78 is 2.25. The molecule has 1 atom stereocenters. The summed E-state index contributed by atoms with van der Waals surface area (Å²) in [5.74, 6) is 0. The molecule has 0 aliphatic carbocycles. The van der Waals surface area contributed by atoms with E-state index in [1.165, 1.54) is 31.5 Å². The zero-order chi connectivity index (χ0) is 13.0. The Morgan fingerprint density at radius 3 is 2.39 bits per heavy atom. The van der Waals surface area contributed by atoms with Crippen LogP contribution >= 0.6 is 31.9 Å². The Kier molecular flexibility index (Phi) is 5.67. The molecule has 1 saturated heterocycles. The van der Waals surface area contributed by atoms with Crippen molar-refractivity contribution in [3.05, 3.63) is 32.7 Å². The third-order valence-corrected chi connectivity index (χ3v) is 4.22. The Balaban J connectivity index is 1.79. The van der Waals surface area contributed by atoms with E-state index in [9.17, 15) is 0 Å². The highest BCUT2D eigenvalue weighted by molar-refractivity contribution is 9.11. The summed E-state index contributed by atoms with van der Waals surface area (Å²) in [4.78, 5) is 2.55. The van der Waals surface area contributed by atoms with Gasteiger partial charge in [0.1, 0.15) is 0 Å². The second kappa shape index (κ2) is 7.04. The van der Waals surface area contributed by atoms with E-state index in [0.29, 0.717) is 6.04 Å². The number of nitrogens with zero attached hydrogens (tertiary/aromatic N) is 1. The van der Waals surface area contributed by atoms with E-state index < -0.39 is 0 Å². The van der Waals surface area contributed by atoms with Crippen LogP contribution in [0.5, 0.6) is 0 Å². The van der Waals surface area contributed by atoms with E-state index in [0.717, 1.165) is 22.0 Å². The molecule has 0 spiro atoms. The first-order valence-corrected chi connectivity index (χ1v) is 8.13. The fourth-order valence-electron chi connectivity index (χ4n) is 2.42. The predicted molar refractivity (Wildman–Crippen MR) is 83.8 cm³/mol. The fraction of sp³-hybridized carbons (Fsp3) is 0.571. The molecular weight excluding hydrogens is 356 g/mol. The van der Waals surface area contributed by atoms with E-state index >= 15 is 0 Å². The first-order chi connectivity index (χ1) is 8.63. The average Bonchev–Trinajstić information content (AvgIpc) is 2.78. The Labute approximate surface area is 126 Å². The summed E-state index contributed by atoms with van der Waals surface area (Å²) in [5, 5.41) is 3.60. The highest BCUT2D eigenvalue weighted by atomic mass is 79.9. The molecule has 0 aromatic heterocycles. The molecule has 1 heterocycles. The molecule has 0 saturated carbocycles. The molecule has 100 valence electrons. The number of likely N-dealkylation sites (tertiary alicyclic amines) is 1. The molecule has 1 aromatic carbocycles. The summed E-state index contributed by atoms with van der Waals surface area (Å²) in [6.07, 6.45) is 2.73. The number of hydrogen-bond donors (Lipinski definition) is 1. The van der Waals surface area contributed by atoms with Crippen LogP contribution in [0.25, 0.3) is 0 Å². The molecular formula is C14H20Br2N2. The molecule has 2 rings (SSSR count). The smallest absolute Gasteiger partial charge is 0.0209 e. The van der Waals surface area contributed by atoms with Crippen molar-refractivity contribution in [1.29, 1.82) is 0 Å². The Morgan fingerprint density at radius 1 is 1.17 bits per heavy atom. The molecule has 18 heavy (non-hydrogen) atoms. The molecule has 1 unspecified atom stereocenters. The molecule has 4 heteroatoms. The third-order valence-electron chi connectivity index (χ3n) is 3.31. The third kappa shape index (κ3) is 4.65. The van der Waals surface area contributed by atoms with Crippen molar-refractivity contribution in [3.8, 4) is 0 Å². The highest BCUT2D eigenvalue weighted by Gasteiger charge is 2.14. The normalized spacial score (nSPS) is 18.2. The molecule has 0 bridgehead atoms. The van der Waals surface area contributed by atoms with E-state index in [1.54, 1.807) is 0 Å². The van der Waals surface area contributed by atoms with Gasteiger partial charge in [0.25, 0.3) is 0 Å². The van der Waals surface area contributed by atoms with Crippen LogP contribution in [-0.4, -0.2) is 30.6 Å². The largest absolute Gasteiger partial charge is 0.309 e. The van der Waals surface area contributed by atoms with Gasteiger partial charge in [0, 0.05) is 28.1 Å². The lowest BCUT2D eigenvalue weighted by molar-refractivity contribution is 0.298. The standard InChI is InChI=1S/C14H20Br2N2/c1-11(10-18-4-2-3-5-18)17-9-12-6-13(15)8-14(16)7-12/h6-8,11,17H,2-5,9-10H2,1H3. The van der Waals surface area contributed by atoms with Gasteiger partial charge in [0.05, 0.1) is 0 Å². The SMILES string of the molecule is CC(CN1CCCC1)NCc1cc(Br)cc(Br)c1. The van der Waals surface area contributed by atoms with Crippen LogP contribution in [0.4, 0.5) is 0 Å². The van der Waals surface area contributed by atoms with Crippen molar-refractivity contribution in [2.75, 3.05) is 19.6 Å². The van der Waals surface area contributed by atoms with Gasteiger partial charge < -0.3 is 10.2 Å². The van der Waals surface area contributed by atoms with Gasteiger partial charge >= 0.3 is 0 Å². The first-order valence-electron chi connectivity index (χ1n) is 6.54. The Bertz CT molecular complexity index is 369. The van der Waals surface area contributed by atoms with E-state index in [2.05, 4.69) is 67.2 Å². The maximum atomic E-state index is 3.60. The van der Waals surface area contributed by atoms with Crippen LogP contribution in [0.15, 0.2) is 27.1 Å². The number of nitrogens with one attached hydrogen (secondary N) is 1. The van der Waals surface area contributed by atoms with Gasteiger partial charge in [-0.25, -0.2) is 0 Å². The molecule has 2 nitrogen and oxygen atoms in total. The highest BCUT2D eigenvalue weighted by Crippen LogP contribution is 2.20. The lowest BCUT2D eigenvalue weighted by Gasteiger charge is -2.21. The van der Waals surface area contributed by atoms with Crippen LogP contribution in [0, 0.1) is 0 Å². The van der Waals surface area contributed by atoms with Crippen LogP contribution in [0.1, 0.15) is 25.3 Å². The van der Waals surface area contributed by atoms with E-state index in [-0.39, 0.29) is 0 Å². The number of benzene rings is 1. The minimum absolute atomic E-state index is 0.542. The Hall–Kier alpha value is 0.1000. The monoisotopic (exact) mass is 374 g/mol. The number of rotatable bonds is 5. The quantitative estimate of drug-likeness (QED) is 0.842. The van der Waals surface area contributed by atoms with Crippen LogP contribution in [-0.2, 0) is 6.54 Å². The number of halogens is 2. The molecule has 0 amide bonds. The minimum Gasteiger partial charge on any atom is -0.309 e. The van der Waals surface area contributed by atoms with Gasteiger partial charge in [-0.15, -0.1) is 0 Å². The summed E-state index contributed by atoms with van der Waals surface area (Å²) in [6, 6.07) is 6.94. The molecule has 1 N–H and O–H groups in total. The van der Waals surface area contributed by atoms with Crippen molar-refractivity contribution in [2.45, 2.75) is 32.4 Å². The maximum Gasteiger partial charge on any atom is 0.0209 e. The zero-order valence-corrected chi connectivity index (χ0v) is 13.9. The maximum absolute atomic E-state index is 3.60. The average molecular weight is 376 g/mol. The van der Waals surface area contributed by atoms with Crippen molar-refractivity contribution in [3.63, 3.8) is 0 Å². The van der Waals surface area contributed by atoms with Gasteiger partial charge in [-0.1, -0.05) is 31.9 Å². The zero-order valence-electron chi connectivity index (χ0n) is 10.8. The van der Waals surface area contributed by atoms with Gasteiger partial charge in [-0.2, -0.15) is 0 Å². The summed E-state index contributed by atoms with van der Waals surface area (Å²) >= 11 is 7.05. The number of hydrogen-bond acceptors (Lipinski definition) is 2. The van der Waals surface area contributed by atoms with Gasteiger partial charge in [0.15, 0.2) is 0 Å². The topological polar surface area (TPSA) is 15.3 Å². The van der Waals surface area contributed by atoms with E-state index in [4.69, 9.17) is 0 Å². The van der Waals surface area contributed by atoms with E-state index in [1.807, 2.05) is 0 Å². The summed E-state index contributed by atoms with van der Waals surface area (Å²) in [6.45, 7) is 6.90. The van der Waals surface area contributed by atoms with Crippen molar-refractivity contribution >= 4 is 31.9 Å². The van der Waals surface area contributed by atoms with Gasteiger partial charge in [-0.05, 0) is 56.6 Å². The molecule has 1 aliphatic heterocycles. The second-order valence-electron chi connectivity index (χ2n) is 5.07. The molecule has 0 radical (unpaired) electrons. The van der Waals surface area contributed by atoms with Crippen LogP contribution < -0.4 is 5.32 Å². The molecule has 1 fully saturated rings. The predicted octanol–water partition coefficient (Wildman–Crippen LogP) is 3.79. The Morgan fingerprint density at radius 2 is 1.78 bits per heavy atom. The first kappa shape index (κ1) is 14.5. The van der Waals surface area contributed by atoms with Crippen molar-refractivity contribution < 1.29 is 0 Å². The fourth-order valence-corrected chi connectivity index (χ4v) is 3.81. The summed E-state index contributed by atoms with van der Waals surface area (Å²) in [5.41, 5.74) is 1.31. The van der Waals surface area contributed by atoms with Gasteiger partial charge in [-0.3, -0.25) is 0 Å². The lowest BCUT2D eigenvalue weighted by Crippen LogP contribution is -2.37. The summed E-state index contributed by atoms with van der Waals surface area (Å²) in [7, 11) is 0. The van der Waals surface area contributed by atoms with Gasteiger partial charge in [0.2, 0.25) is 0 Å². The molecule has 1 aromatic rings.